The summed E-state index contributed by atoms with van der Waals surface area (Å²) in [7, 11) is 2.16. The number of hydrogen-bond donors (Lipinski definition) is 3. The van der Waals surface area contributed by atoms with E-state index in [-0.39, 0.29) is 23.5 Å². The van der Waals surface area contributed by atoms with Gasteiger partial charge in [0.05, 0.1) is 0 Å². The number of nitrogen functional groups attached to an aromatic ring is 1. The molecule has 2 aromatic rings. The van der Waals surface area contributed by atoms with E-state index in [4.69, 9.17) is 11.1 Å². The Kier molecular flexibility index (Phi) is 4.89. The third-order valence-electron chi connectivity index (χ3n) is 6.16. The summed E-state index contributed by atoms with van der Waals surface area (Å²) >= 11 is 0. The number of carbonyl (C=O) groups excluding carboxylic acids is 1. The number of rotatable bonds is 4. The van der Waals surface area contributed by atoms with Gasteiger partial charge >= 0.3 is 0 Å². The molecular weight excluding hydrogens is 355 g/mol. The summed E-state index contributed by atoms with van der Waals surface area (Å²) < 4.78 is 13.1. The van der Waals surface area contributed by atoms with Gasteiger partial charge in [0.1, 0.15) is 11.5 Å². The van der Waals surface area contributed by atoms with Crippen LogP contribution in [0.2, 0.25) is 0 Å². The molecule has 0 saturated carbocycles. The van der Waals surface area contributed by atoms with E-state index in [1.807, 2.05) is 0 Å². The van der Waals surface area contributed by atoms with Crippen molar-refractivity contribution in [2.45, 2.75) is 43.8 Å². The summed E-state index contributed by atoms with van der Waals surface area (Å²) in [6, 6.07) is 12.5. The van der Waals surface area contributed by atoms with Gasteiger partial charge in [0.2, 0.25) is 0 Å². The van der Waals surface area contributed by atoms with Gasteiger partial charge in [-0.25, -0.2) is 4.39 Å². The fraction of sp³-hybridized carbons (Fsp3) is 0.364. The molecule has 28 heavy (non-hydrogen) atoms. The minimum absolute atomic E-state index is 0.112. The van der Waals surface area contributed by atoms with Crippen LogP contribution in [0.3, 0.4) is 0 Å². The van der Waals surface area contributed by atoms with E-state index in [1.165, 1.54) is 25.0 Å². The molecule has 2 aliphatic rings. The Morgan fingerprint density at radius 3 is 2.32 bits per heavy atom. The molecule has 146 valence electrons. The maximum absolute atomic E-state index is 13.1. The first-order valence-electron chi connectivity index (χ1n) is 9.69. The van der Waals surface area contributed by atoms with Crippen molar-refractivity contribution in [3.63, 3.8) is 0 Å². The lowest BCUT2D eigenvalue weighted by molar-refractivity contribution is -0.115. The van der Waals surface area contributed by atoms with E-state index in [2.05, 4.69) is 17.3 Å². The van der Waals surface area contributed by atoms with Crippen LogP contribution in [-0.4, -0.2) is 41.7 Å². The van der Waals surface area contributed by atoms with E-state index in [0.717, 1.165) is 24.0 Å². The molecule has 2 heterocycles. The number of fused-ring (bicyclic) bond motifs is 2. The average molecular weight is 380 g/mol. The highest BCUT2D eigenvalue weighted by Crippen LogP contribution is 2.34. The quantitative estimate of drug-likeness (QED) is 0.563. The second kappa shape index (κ2) is 7.36. The number of hydrogen-bond acceptors (Lipinski definition) is 4. The molecule has 2 saturated heterocycles. The number of piperidine rings is 1. The second-order valence-electron chi connectivity index (χ2n) is 7.88. The van der Waals surface area contributed by atoms with Crippen LogP contribution in [0.5, 0.6) is 0 Å². The largest absolute Gasteiger partial charge is 0.398 e. The molecular formula is C22H25FN4O. The summed E-state index contributed by atoms with van der Waals surface area (Å²) in [5.74, 6) is -0.677. The number of carbonyl (C=O) groups is 1. The molecule has 0 spiro atoms. The fourth-order valence-electron chi connectivity index (χ4n) is 4.52. The molecule has 5 nitrogen and oxygen atoms in total. The molecule has 4 N–H and O–H groups in total. The lowest BCUT2D eigenvalue weighted by Crippen LogP contribution is -2.50. The Morgan fingerprint density at radius 2 is 1.71 bits per heavy atom. The number of halogens is 1. The Bertz CT molecular complexity index is 897. The summed E-state index contributed by atoms with van der Waals surface area (Å²) in [6.07, 6.45) is 4.24. The van der Waals surface area contributed by atoms with E-state index in [9.17, 15) is 9.18 Å². The first-order valence-corrected chi connectivity index (χ1v) is 9.69. The van der Waals surface area contributed by atoms with E-state index in [1.54, 1.807) is 30.3 Å². The first-order chi connectivity index (χ1) is 13.4. The maximum Gasteiger partial charge on any atom is 0.270 e. The third kappa shape index (κ3) is 3.52. The molecule has 2 aromatic carbocycles. The highest BCUT2D eigenvalue weighted by atomic mass is 19.1. The van der Waals surface area contributed by atoms with Crippen LogP contribution in [0.25, 0.3) is 11.1 Å². The third-order valence-corrected chi connectivity index (χ3v) is 6.16. The monoisotopic (exact) mass is 380 g/mol. The molecule has 2 aliphatic heterocycles. The molecule has 0 radical (unpaired) electrons. The minimum atomic E-state index is -0.379. The Balaban J connectivity index is 1.45. The predicted molar refractivity (Wildman–Crippen MR) is 109 cm³/mol. The molecule has 2 atom stereocenters. The van der Waals surface area contributed by atoms with E-state index >= 15 is 0 Å². The molecule has 6 heteroatoms. The van der Waals surface area contributed by atoms with Gasteiger partial charge < -0.3 is 16.0 Å². The van der Waals surface area contributed by atoms with Crippen LogP contribution in [0, 0.1) is 11.2 Å². The van der Waals surface area contributed by atoms with Gasteiger partial charge in [-0.1, -0.05) is 18.2 Å². The topological polar surface area (TPSA) is 82.2 Å². The van der Waals surface area contributed by atoms with Crippen LogP contribution >= 0.6 is 0 Å². The highest BCUT2D eigenvalue weighted by Gasteiger charge is 2.39. The average Bonchev–Trinajstić information content (AvgIpc) is 2.89. The Morgan fingerprint density at radius 1 is 1.11 bits per heavy atom. The number of amides is 1. The normalized spacial score (nSPS) is 24.1. The molecule has 2 unspecified atom stereocenters. The summed E-state index contributed by atoms with van der Waals surface area (Å²) in [5.41, 5.74) is 8.45. The van der Waals surface area contributed by atoms with Gasteiger partial charge in [0.15, 0.2) is 0 Å². The number of nitrogens with two attached hydrogens (primary N) is 1. The van der Waals surface area contributed by atoms with Crippen molar-refractivity contribution in [3.05, 3.63) is 53.8 Å². The fourth-order valence-corrected chi connectivity index (χ4v) is 4.52. The van der Waals surface area contributed by atoms with Gasteiger partial charge in [-0.3, -0.25) is 10.2 Å². The van der Waals surface area contributed by atoms with Crippen molar-refractivity contribution in [2.75, 3.05) is 12.8 Å². The van der Waals surface area contributed by atoms with Gasteiger partial charge in [0.25, 0.3) is 5.91 Å². The molecule has 2 bridgehead atoms. The Hall–Kier alpha value is -2.73. The maximum atomic E-state index is 13.1. The lowest BCUT2D eigenvalue weighted by Gasteiger charge is -2.36. The van der Waals surface area contributed by atoms with Crippen molar-refractivity contribution >= 4 is 17.3 Å². The van der Waals surface area contributed by atoms with Gasteiger partial charge in [-0.05, 0) is 68.1 Å². The van der Waals surface area contributed by atoms with Crippen LogP contribution in [0.15, 0.2) is 42.5 Å². The first kappa shape index (κ1) is 18.6. The zero-order valence-corrected chi connectivity index (χ0v) is 15.9. The minimum Gasteiger partial charge on any atom is -0.398 e. The van der Waals surface area contributed by atoms with Crippen molar-refractivity contribution in [1.82, 2.24) is 10.2 Å². The van der Waals surface area contributed by atoms with Crippen molar-refractivity contribution < 1.29 is 9.18 Å². The summed E-state index contributed by atoms with van der Waals surface area (Å²) in [5, 5.41) is 11.3. The van der Waals surface area contributed by atoms with Crippen LogP contribution in [0.1, 0.15) is 31.2 Å². The molecule has 0 aromatic heterocycles. The number of nitrogens with one attached hydrogen (secondary N) is 2. The predicted octanol–water partition coefficient (Wildman–Crippen LogP) is 3.18. The zero-order chi connectivity index (χ0) is 19.8. The SMILES string of the molecule is CN1C2CCC1CC(NC(=O)C(=N)c1ccc(-c3ccc(F)cc3)cc1N)C2. The number of anilines is 1. The smallest absolute Gasteiger partial charge is 0.270 e. The van der Waals surface area contributed by atoms with Crippen LogP contribution in [0.4, 0.5) is 10.1 Å². The van der Waals surface area contributed by atoms with Crippen molar-refractivity contribution in [3.8, 4) is 11.1 Å². The molecule has 0 aliphatic carbocycles. The second-order valence-corrected chi connectivity index (χ2v) is 7.88. The number of nitrogens with zero attached hydrogens (tertiary/aromatic N) is 1. The molecule has 4 rings (SSSR count). The molecule has 1 amide bonds. The summed E-state index contributed by atoms with van der Waals surface area (Å²) in [6.45, 7) is 0. The van der Waals surface area contributed by atoms with Gasteiger partial charge in [-0.15, -0.1) is 0 Å². The lowest BCUT2D eigenvalue weighted by atomic mass is 9.96. The van der Waals surface area contributed by atoms with E-state index in [0.29, 0.717) is 23.3 Å². The van der Waals surface area contributed by atoms with Gasteiger partial charge in [-0.2, -0.15) is 0 Å². The van der Waals surface area contributed by atoms with Crippen LogP contribution < -0.4 is 11.1 Å². The zero-order valence-electron chi connectivity index (χ0n) is 15.9. The van der Waals surface area contributed by atoms with Crippen molar-refractivity contribution in [1.29, 1.82) is 5.41 Å². The number of benzene rings is 2. The summed E-state index contributed by atoms with van der Waals surface area (Å²) in [4.78, 5) is 15.0. The van der Waals surface area contributed by atoms with Crippen molar-refractivity contribution in [2.24, 2.45) is 0 Å². The van der Waals surface area contributed by atoms with Gasteiger partial charge in [0, 0.05) is 29.4 Å². The molecule has 2 fully saturated rings. The van der Waals surface area contributed by atoms with Crippen LogP contribution in [-0.2, 0) is 4.79 Å². The van der Waals surface area contributed by atoms with E-state index < -0.39 is 0 Å². The Labute approximate surface area is 164 Å². The highest BCUT2D eigenvalue weighted by molar-refractivity contribution is 6.45. The standard InChI is InChI=1S/C22H25FN4O/c1-27-17-7-8-18(27)12-16(11-17)26-22(28)21(25)19-9-4-14(10-20(19)24)13-2-5-15(23)6-3-13/h2-6,9-10,16-18,25H,7-8,11-12,24H2,1H3,(H,26,28).